The number of carbonyl (C=O) groups is 2. The topological polar surface area (TPSA) is 104 Å². The van der Waals surface area contributed by atoms with Crippen molar-refractivity contribution >= 4 is 35.1 Å². The first-order valence-electron chi connectivity index (χ1n) is 6.53. The molecule has 0 saturated carbocycles. The Morgan fingerprint density at radius 3 is 2.78 bits per heavy atom. The van der Waals surface area contributed by atoms with Gasteiger partial charge in [-0.1, -0.05) is 23.2 Å². The van der Waals surface area contributed by atoms with Crippen molar-refractivity contribution < 1.29 is 19.4 Å². The molecule has 2 aromatic rings. The summed E-state index contributed by atoms with van der Waals surface area (Å²) in [5, 5.41) is 12.2. The number of benzene rings is 1. The maximum atomic E-state index is 11.8. The molecule has 1 amide bonds. The lowest BCUT2D eigenvalue weighted by Gasteiger charge is -2.14. The lowest BCUT2D eigenvalue weighted by atomic mass is 10.1. The first kappa shape index (κ1) is 17.1. The Hall–Kier alpha value is -2.25. The highest BCUT2D eigenvalue weighted by Crippen LogP contribution is 2.27. The van der Waals surface area contributed by atoms with Gasteiger partial charge in [0.15, 0.2) is 6.61 Å². The normalized spacial score (nSPS) is 11.7. The Kier molecular flexibility index (Phi) is 5.84. The van der Waals surface area contributed by atoms with Crippen LogP contribution in [0.25, 0.3) is 0 Å². The molecule has 0 bridgehead atoms. The standard InChI is InChI=1S/C14H13Cl2N3O4/c15-8-1-2-12(10(16)3-8)23-6-13(20)19-11(14(21)22)4-9-5-17-7-18-9/h1-3,5,7,11H,4,6H2,(H,17,18)(H,19,20)(H,21,22). The van der Waals surface area contributed by atoms with E-state index in [1.54, 1.807) is 6.07 Å². The van der Waals surface area contributed by atoms with E-state index in [2.05, 4.69) is 15.3 Å². The molecule has 0 aliphatic heterocycles. The Morgan fingerprint density at radius 2 is 2.17 bits per heavy atom. The monoisotopic (exact) mass is 357 g/mol. The van der Waals surface area contributed by atoms with Crippen molar-refractivity contribution in [2.45, 2.75) is 12.5 Å². The summed E-state index contributed by atoms with van der Waals surface area (Å²) in [7, 11) is 0. The minimum absolute atomic E-state index is 0.0861. The molecule has 3 N–H and O–H groups in total. The molecule has 23 heavy (non-hydrogen) atoms. The largest absolute Gasteiger partial charge is 0.482 e. The van der Waals surface area contributed by atoms with E-state index >= 15 is 0 Å². The fourth-order valence-corrected chi connectivity index (χ4v) is 2.25. The van der Waals surface area contributed by atoms with Crippen molar-refractivity contribution in [3.05, 3.63) is 46.5 Å². The number of carboxylic acids is 1. The van der Waals surface area contributed by atoms with Crippen LogP contribution in [0.5, 0.6) is 5.75 Å². The number of aromatic nitrogens is 2. The molecule has 1 unspecified atom stereocenters. The van der Waals surface area contributed by atoms with Gasteiger partial charge in [-0.05, 0) is 18.2 Å². The lowest BCUT2D eigenvalue weighted by Crippen LogP contribution is -2.44. The predicted molar refractivity (Wildman–Crippen MR) is 83.8 cm³/mol. The Labute approximate surface area is 141 Å². The van der Waals surface area contributed by atoms with Crippen LogP contribution in [0.2, 0.25) is 10.0 Å². The molecular weight excluding hydrogens is 345 g/mol. The van der Waals surface area contributed by atoms with Crippen LogP contribution in [-0.2, 0) is 16.0 Å². The lowest BCUT2D eigenvalue weighted by molar-refractivity contribution is -0.142. The number of halogens is 2. The van der Waals surface area contributed by atoms with Gasteiger partial charge in [0.25, 0.3) is 5.91 Å². The summed E-state index contributed by atoms with van der Waals surface area (Å²) in [6.07, 6.45) is 3.01. The van der Waals surface area contributed by atoms with Gasteiger partial charge in [0.2, 0.25) is 0 Å². The number of imidazole rings is 1. The number of H-pyrrole nitrogens is 1. The number of hydrogen-bond donors (Lipinski definition) is 3. The van der Waals surface area contributed by atoms with Crippen LogP contribution in [-0.4, -0.2) is 39.6 Å². The van der Waals surface area contributed by atoms with Gasteiger partial charge < -0.3 is 20.1 Å². The summed E-state index contributed by atoms with van der Waals surface area (Å²) in [5.74, 6) is -1.45. The predicted octanol–water partition coefficient (Wildman–Crippen LogP) is 1.91. The third-order valence-corrected chi connectivity index (χ3v) is 3.40. The van der Waals surface area contributed by atoms with Crippen molar-refractivity contribution in [3.63, 3.8) is 0 Å². The fourth-order valence-electron chi connectivity index (χ4n) is 1.79. The van der Waals surface area contributed by atoms with Crippen LogP contribution in [0.3, 0.4) is 0 Å². The van der Waals surface area contributed by atoms with E-state index < -0.39 is 17.9 Å². The molecule has 7 nitrogen and oxygen atoms in total. The fraction of sp³-hybridized carbons (Fsp3) is 0.214. The second-order valence-corrected chi connectivity index (χ2v) is 5.45. The van der Waals surface area contributed by atoms with Crippen LogP contribution in [0.15, 0.2) is 30.7 Å². The van der Waals surface area contributed by atoms with E-state index in [1.165, 1.54) is 24.7 Å². The third kappa shape index (κ3) is 5.15. The highest BCUT2D eigenvalue weighted by Gasteiger charge is 2.21. The number of ether oxygens (including phenoxy) is 1. The summed E-state index contributed by atoms with van der Waals surface area (Å²) >= 11 is 11.7. The number of nitrogens with one attached hydrogen (secondary N) is 2. The molecule has 1 heterocycles. The molecule has 0 saturated heterocycles. The second kappa shape index (κ2) is 7.85. The van der Waals surface area contributed by atoms with Crippen LogP contribution in [0.4, 0.5) is 0 Å². The van der Waals surface area contributed by atoms with E-state index in [4.69, 9.17) is 33.0 Å². The number of aliphatic carboxylic acids is 1. The number of nitrogens with zero attached hydrogens (tertiary/aromatic N) is 1. The Morgan fingerprint density at radius 1 is 1.39 bits per heavy atom. The molecular formula is C14H13Cl2N3O4. The number of carboxylic acid groups (broad SMARTS) is 1. The highest BCUT2D eigenvalue weighted by molar-refractivity contribution is 6.35. The summed E-state index contributed by atoms with van der Waals surface area (Å²) in [5.41, 5.74) is 0.597. The average Bonchev–Trinajstić information content (AvgIpc) is 2.98. The number of carbonyl (C=O) groups excluding carboxylic acids is 1. The third-order valence-electron chi connectivity index (χ3n) is 2.86. The Bertz CT molecular complexity index is 691. The Balaban J connectivity index is 1.90. The van der Waals surface area contributed by atoms with Gasteiger partial charge >= 0.3 is 5.97 Å². The quantitative estimate of drug-likeness (QED) is 0.701. The molecule has 0 fully saturated rings. The average molecular weight is 358 g/mol. The number of rotatable bonds is 7. The molecule has 0 aliphatic carbocycles. The van der Waals surface area contributed by atoms with Gasteiger partial charge in [-0.3, -0.25) is 4.79 Å². The van der Waals surface area contributed by atoms with Crippen molar-refractivity contribution in [2.75, 3.05) is 6.61 Å². The van der Waals surface area contributed by atoms with E-state index in [9.17, 15) is 9.59 Å². The van der Waals surface area contributed by atoms with Crippen molar-refractivity contribution in [1.29, 1.82) is 0 Å². The van der Waals surface area contributed by atoms with Crippen molar-refractivity contribution in [1.82, 2.24) is 15.3 Å². The molecule has 0 radical (unpaired) electrons. The zero-order chi connectivity index (χ0) is 16.8. The van der Waals surface area contributed by atoms with Crippen LogP contribution >= 0.6 is 23.2 Å². The summed E-state index contributed by atoms with van der Waals surface area (Å²) in [6, 6.07) is 3.48. The maximum absolute atomic E-state index is 11.8. The van der Waals surface area contributed by atoms with Crippen LogP contribution in [0.1, 0.15) is 5.69 Å². The number of aromatic amines is 1. The van der Waals surface area contributed by atoms with Gasteiger partial charge in [-0.15, -0.1) is 0 Å². The maximum Gasteiger partial charge on any atom is 0.326 e. The molecule has 9 heteroatoms. The molecule has 2 rings (SSSR count). The smallest absolute Gasteiger partial charge is 0.326 e. The summed E-state index contributed by atoms with van der Waals surface area (Å²) < 4.78 is 5.25. The molecule has 1 atom stereocenters. The van der Waals surface area contributed by atoms with E-state index in [0.717, 1.165) is 0 Å². The first-order valence-corrected chi connectivity index (χ1v) is 7.28. The molecule has 1 aromatic heterocycles. The molecule has 122 valence electrons. The number of amides is 1. The van der Waals surface area contributed by atoms with Gasteiger partial charge in [0.1, 0.15) is 11.8 Å². The summed E-state index contributed by atoms with van der Waals surface area (Å²) in [4.78, 5) is 29.6. The first-order chi connectivity index (χ1) is 11.0. The second-order valence-electron chi connectivity index (χ2n) is 4.60. The van der Waals surface area contributed by atoms with Crippen LogP contribution in [0, 0.1) is 0 Å². The van der Waals surface area contributed by atoms with Gasteiger partial charge in [0.05, 0.1) is 11.3 Å². The SMILES string of the molecule is O=C(COc1ccc(Cl)cc1Cl)NC(Cc1cnc[nH]1)C(=O)O. The minimum atomic E-state index is -1.16. The highest BCUT2D eigenvalue weighted by atomic mass is 35.5. The van der Waals surface area contributed by atoms with E-state index in [1.807, 2.05) is 0 Å². The summed E-state index contributed by atoms with van der Waals surface area (Å²) in [6.45, 7) is -0.367. The van der Waals surface area contributed by atoms with E-state index in [-0.39, 0.29) is 23.8 Å². The van der Waals surface area contributed by atoms with Crippen LogP contribution < -0.4 is 10.1 Å². The minimum Gasteiger partial charge on any atom is -0.482 e. The van der Waals surface area contributed by atoms with Gasteiger partial charge in [-0.25, -0.2) is 9.78 Å². The van der Waals surface area contributed by atoms with Gasteiger partial charge in [-0.2, -0.15) is 0 Å². The molecule has 1 aromatic carbocycles. The number of hydrogen-bond acceptors (Lipinski definition) is 4. The van der Waals surface area contributed by atoms with Crippen molar-refractivity contribution in [3.8, 4) is 5.75 Å². The van der Waals surface area contributed by atoms with Gasteiger partial charge in [0, 0.05) is 23.3 Å². The zero-order valence-corrected chi connectivity index (χ0v) is 13.3. The molecule has 0 aliphatic rings. The molecule has 0 spiro atoms. The zero-order valence-electron chi connectivity index (χ0n) is 11.8. The van der Waals surface area contributed by atoms with E-state index in [0.29, 0.717) is 10.7 Å². The van der Waals surface area contributed by atoms with Crippen molar-refractivity contribution in [2.24, 2.45) is 0 Å².